The highest BCUT2D eigenvalue weighted by molar-refractivity contribution is 5.93. The highest BCUT2D eigenvalue weighted by atomic mass is 19.1. The van der Waals surface area contributed by atoms with E-state index in [4.69, 9.17) is 0 Å². The second kappa shape index (κ2) is 7.34. The molecule has 0 saturated carbocycles. The Hall–Kier alpha value is -3.35. The van der Waals surface area contributed by atoms with E-state index in [9.17, 15) is 13.6 Å². The van der Waals surface area contributed by atoms with Crippen LogP contribution in [0.15, 0.2) is 48.5 Å². The maximum atomic E-state index is 13.9. The van der Waals surface area contributed by atoms with E-state index in [-0.39, 0.29) is 23.2 Å². The van der Waals surface area contributed by atoms with E-state index in [2.05, 4.69) is 21.4 Å². The second-order valence-corrected chi connectivity index (χ2v) is 6.71. The molecule has 0 aliphatic carbocycles. The number of carbonyl (C=O) groups excluding carboxylic acids is 1. The standard InChI is InChI=1S/C21H18F2N4O/c1-13-10-19(20(28)27-9-8-14-4-2-3-5-15(14)12-27)26-21(24-13)25-18-7-6-16(22)11-17(18)23/h2-7,10-11H,8-9,12H2,1H3,(H,24,25,26). The Bertz CT molecular complexity index is 1050. The van der Waals surface area contributed by atoms with Crippen molar-refractivity contribution in [2.75, 3.05) is 11.9 Å². The Morgan fingerprint density at radius 3 is 2.64 bits per heavy atom. The summed E-state index contributed by atoms with van der Waals surface area (Å²) in [5, 5.41) is 2.72. The van der Waals surface area contributed by atoms with Crippen LogP contribution in [-0.2, 0) is 13.0 Å². The molecule has 5 nitrogen and oxygen atoms in total. The summed E-state index contributed by atoms with van der Waals surface area (Å²) in [6.07, 6.45) is 0.790. The molecule has 1 aromatic heterocycles. The predicted octanol–water partition coefficient (Wildman–Crippen LogP) is 4.01. The SMILES string of the molecule is Cc1cc(C(=O)N2CCc3ccccc3C2)nc(Nc2ccc(F)cc2F)n1. The smallest absolute Gasteiger partial charge is 0.272 e. The zero-order valence-corrected chi connectivity index (χ0v) is 15.2. The fourth-order valence-corrected chi connectivity index (χ4v) is 3.28. The van der Waals surface area contributed by atoms with Crippen molar-refractivity contribution in [2.45, 2.75) is 19.9 Å². The lowest BCUT2D eigenvalue weighted by Gasteiger charge is -2.28. The molecule has 3 aromatic rings. The van der Waals surface area contributed by atoms with Crippen LogP contribution in [0.3, 0.4) is 0 Å². The van der Waals surface area contributed by atoms with Gasteiger partial charge in [-0.15, -0.1) is 0 Å². The first-order valence-corrected chi connectivity index (χ1v) is 8.93. The van der Waals surface area contributed by atoms with Gasteiger partial charge in [-0.05, 0) is 42.7 Å². The van der Waals surface area contributed by atoms with Crippen molar-refractivity contribution in [1.29, 1.82) is 0 Å². The normalized spacial score (nSPS) is 13.2. The minimum atomic E-state index is -0.759. The molecule has 0 bridgehead atoms. The van der Waals surface area contributed by atoms with Gasteiger partial charge >= 0.3 is 0 Å². The summed E-state index contributed by atoms with van der Waals surface area (Å²) in [4.78, 5) is 23.2. The van der Waals surface area contributed by atoms with Gasteiger partial charge in [-0.3, -0.25) is 4.79 Å². The molecule has 0 spiro atoms. The zero-order valence-electron chi connectivity index (χ0n) is 15.2. The average Bonchev–Trinajstić information content (AvgIpc) is 2.69. The van der Waals surface area contributed by atoms with E-state index < -0.39 is 11.6 Å². The maximum absolute atomic E-state index is 13.9. The van der Waals surface area contributed by atoms with Crippen molar-refractivity contribution < 1.29 is 13.6 Å². The lowest BCUT2D eigenvalue weighted by Crippen LogP contribution is -2.36. The molecule has 0 fully saturated rings. The molecule has 1 aliphatic rings. The molecule has 2 aromatic carbocycles. The topological polar surface area (TPSA) is 58.1 Å². The van der Waals surface area contributed by atoms with Crippen molar-refractivity contribution in [3.63, 3.8) is 0 Å². The largest absolute Gasteiger partial charge is 0.333 e. The molecule has 7 heteroatoms. The Morgan fingerprint density at radius 2 is 1.86 bits per heavy atom. The molecule has 0 atom stereocenters. The molecule has 0 radical (unpaired) electrons. The van der Waals surface area contributed by atoms with Gasteiger partial charge in [0.15, 0.2) is 0 Å². The number of nitrogens with one attached hydrogen (secondary N) is 1. The summed E-state index contributed by atoms with van der Waals surface area (Å²) in [7, 11) is 0. The third-order valence-corrected chi connectivity index (χ3v) is 4.67. The number of rotatable bonds is 3. The first kappa shape index (κ1) is 18.0. The Balaban J connectivity index is 1.57. The number of amides is 1. The van der Waals surface area contributed by atoms with Crippen molar-refractivity contribution in [2.24, 2.45) is 0 Å². The van der Waals surface area contributed by atoms with Gasteiger partial charge in [0, 0.05) is 24.8 Å². The van der Waals surface area contributed by atoms with Gasteiger partial charge in [0.05, 0.1) is 5.69 Å². The Morgan fingerprint density at radius 1 is 1.07 bits per heavy atom. The first-order chi connectivity index (χ1) is 13.5. The fourth-order valence-electron chi connectivity index (χ4n) is 3.28. The highest BCUT2D eigenvalue weighted by Gasteiger charge is 2.23. The molecular formula is C21H18F2N4O. The van der Waals surface area contributed by atoms with E-state index in [1.807, 2.05) is 18.2 Å². The highest BCUT2D eigenvalue weighted by Crippen LogP contribution is 2.22. The number of hydrogen-bond donors (Lipinski definition) is 1. The van der Waals surface area contributed by atoms with E-state index in [1.165, 1.54) is 11.6 Å². The number of fused-ring (bicyclic) bond motifs is 1. The Labute approximate surface area is 161 Å². The van der Waals surface area contributed by atoms with Gasteiger partial charge in [-0.1, -0.05) is 24.3 Å². The van der Waals surface area contributed by atoms with E-state index in [1.54, 1.807) is 17.9 Å². The first-order valence-electron chi connectivity index (χ1n) is 8.93. The Kier molecular flexibility index (Phi) is 4.73. The monoisotopic (exact) mass is 380 g/mol. The number of aromatic nitrogens is 2. The van der Waals surface area contributed by atoms with E-state index in [0.717, 1.165) is 24.1 Å². The zero-order chi connectivity index (χ0) is 19.7. The minimum absolute atomic E-state index is 0.0392. The van der Waals surface area contributed by atoms with Crippen LogP contribution in [0.4, 0.5) is 20.4 Å². The summed E-state index contributed by atoms with van der Waals surface area (Å²) in [6, 6.07) is 12.8. The summed E-state index contributed by atoms with van der Waals surface area (Å²) < 4.78 is 27.0. The average molecular weight is 380 g/mol. The number of nitrogens with zero attached hydrogens (tertiary/aromatic N) is 3. The molecule has 0 unspecified atom stereocenters. The third kappa shape index (κ3) is 3.69. The van der Waals surface area contributed by atoms with Gasteiger partial charge in [0.2, 0.25) is 5.95 Å². The molecule has 1 amide bonds. The van der Waals surface area contributed by atoms with Crippen LogP contribution in [0.5, 0.6) is 0 Å². The van der Waals surface area contributed by atoms with Gasteiger partial charge in [-0.2, -0.15) is 0 Å². The fraction of sp³-hybridized carbons (Fsp3) is 0.190. The quantitative estimate of drug-likeness (QED) is 0.746. The number of carbonyl (C=O) groups is 1. The predicted molar refractivity (Wildman–Crippen MR) is 101 cm³/mol. The van der Waals surface area contributed by atoms with Gasteiger partial charge in [0.1, 0.15) is 17.3 Å². The molecule has 0 saturated heterocycles. The van der Waals surface area contributed by atoms with Crippen molar-refractivity contribution in [3.8, 4) is 0 Å². The van der Waals surface area contributed by atoms with Crippen LogP contribution in [-0.4, -0.2) is 27.3 Å². The summed E-state index contributed by atoms with van der Waals surface area (Å²) in [5.41, 5.74) is 3.22. The van der Waals surface area contributed by atoms with Gasteiger partial charge in [-0.25, -0.2) is 18.7 Å². The van der Waals surface area contributed by atoms with E-state index >= 15 is 0 Å². The van der Waals surface area contributed by atoms with E-state index in [0.29, 0.717) is 18.8 Å². The lowest BCUT2D eigenvalue weighted by molar-refractivity contribution is 0.0728. The van der Waals surface area contributed by atoms with Crippen molar-refractivity contribution >= 4 is 17.5 Å². The second-order valence-electron chi connectivity index (χ2n) is 6.71. The van der Waals surface area contributed by atoms with Crippen LogP contribution < -0.4 is 5.32 Å². The van der Waals surface area contributed by atoms with Gasteiger partial charge < -0.3 is 10.2 Å². The molecule has 2 heterocycles. The lowest BCUT2D eigenvalue weighted by atomic mass is 10.00. The number of aryl methyl sites for hydroxylation is 1. The summed E-state index contributed by atoms with van der Waals surface area (Å²) >= 11 is 0. The summed E-state index contributed by atoms with van der Waals surface area (Å²) in [6.45, 7) is 2.86. The molecule has 28 heavy (non-hydrogen) atoms. The number of hydrogen-bond acceptors (Lipinski definition) is 4. The van der Waals surface area contributed by atoms with Crippen LogP contribution in [0, 0.1) is 18.6 Å². The third-order valence-electron chi connectivity index (χ3n) is 4.67. The van der Waals surface area contributed by atoms with Crippen LogP contribution >= 0.6 is 0 Å². The van der Waals surface area contributed by atoms with Crippen LogP contribution in [0.25, 0.3) is 0 Å². The number of anilines is 2. The molecule has 4 rings (SSSR count). The molecule has 142 valence electrons. The maximum Gasteiger partial charge on any atom is 0.272 e. The van der Waals surface area contributed by atoms with Crippen molar-refractivity contribution in [3.05, 3.63) is 82.7 Å². The molecule has 1 N–H and O–H groups in total. The summed E-state index contributed by atoms with van der Waals surface area (Å²) in [5.74, 6) is -1.55. The number of benzene rings is 2. The van der Waals surface area contributed by atoms with Gasteiger partial charge in [0.25, 0.3) is 5.91 Å². The van der Waals surface area contributed by atoms with Crippen LogP contribution in [0.2, 0.25) is 0 Å². The minimum Gasteiger partial charge on any atom is -0.333 e. The van der Waals surface area contributed by atoms with Crippen molar-refractivity contribution in [1.82, 2.24) is 14.9 Å². The molecule has 1 aliphatic heterocycles. The van der Waals surface area contributed by atoms with Crippen LogP contribution in [0.1, 0.15) is 27.3 Å². The molecular weight excluding hydrogens is 362 g/mol. The number of halogens is 2.